The maximum atomic E-state index is 12.8. The van der Waals surface area contributed by atoms with Crippen LogP contribution in [0.5, 0.6) is 0 Å². The van der Waals surface area contributed by atoms with Crippen molar-refractivity contribution in [3.8, 4) is 0 Å². The zero-order chi connectivity index (χ0) is 12.3. The number of carboxylic acid groups (broad SMARTS) is 1. The molecule has 0 spiro atoms. The lowest BCUT2D eigenvalue weighted by Gasteiger charge is -2.13. The molecule has 0 aliphatic carbocycles. The SMILES string of the molecule is Cc1cnc(CC(=O)O)c(C(F)F)c1CN. The Labute approximate surface area is 91.1 Å². The van der Waals surface area contributed by atoms with Gasteiger partial charge in [0, 0.05) is 18.3 Å². The predicted octanol–water partition coefficient (Wildman–Crippen LogP) is 1.41. The summed E-state index contributed by atoms with van der Waals surface area (Å²) in [5, 5.41) is 8.59. The number of alkyl halides is 2. The highest BCUT2D eigenvalue weighted by molar-refractivity contribution is 5.70. The van der Waals surface area contributed by atoms with Crippen LogP contribution in [-0.2, 0) is 17.8 Å². The number of aliphatic carboxylic acids is 1. The van der Waals surface area contributed by atoms with Crippen LogP contribution in [0.3, 0.4) is 0 Å². The molecule has 1 heterocycles. The first-order chi connectivity index (χ1) is 7.47. The van der Waals surface area contributed by atoms with Crippen LogP contribution in [-0.4, -0.2) is 16.1 Å². The van der Waals surface area contributed by atoms with Crippen molar-refractivity contribution >= 4 is 5.97 Å². The van der Waals surface area contributed by atoms with Gasteiger partial charge in [-0.1, -0.05) is 0 Å². The zero-order valence-corrected chi connectivity index (χ0v) is 8.70. The van der Waals surface area contributed by atoms with Gasteiger partial charge in [0.05, 0.1) is 12.1 Å². The van der Waals surface area contributed by atoms with Crippen LogP contribution >= 0.6 is 0 Å². The second-order valence-electron chi connectivity index (χ2n) is 3.36. The largest absolute Gasteiger partial charge is 0.481 e. The van der Waals surface area contributed by atoms with Crippen LogP contribution in [0.1, 0.15) is 28.8 Å². The first-order valence-corrected chi connectivity index (χ1v) is 4.64. The molecule has 0 aliphatic rings. The molecule has 0 atom stereocenters. The lowest BCUT2D eigenvalue weighted by molar-refractivity contribution is -0.136. The second kappa shape index (κ2) is 4.98. The molecule has 0 aromatic carbocycles. The van der Waals surface area contributed by atoms with Crippen molar-refractivity contribution in [3.05, 3.63) is 28.6 Å². The Morgan fingerprint density at radius 2 is 2.25 bits per heavy atom. The molecule has 0 fully saturated rings. The number of aromatic nitrogens is 1. The van der Waals surface area contributed by atoms with E-state index in [0.717, 1.165) is 0 Å². The van der Waals surface area contributed by atoms with Crippen molar-refractivity contribution < 1.29 is 18.7 Å². The van der Waals surface area contributed by atoms with Crippen molar-refractivity contribution in [2.45, 2.75) is 26.3 Å². The molecule has 16 heavy (non-hydrogen) atoms. The fourth-order valence-corrected chi connectivity index (χ4v) is 1.52. The first kappa shape index (κ1) is 12.5. The Bertz CT molecular complexity index is 408. The van der Waals surface area contributed by atoms with Gasteiger partial charge in [0.2, 0.25) is 0 Å². The van der Waals surface area contributed by atoms with E-state index in [4.69, 9.17) is 10.8 Å². The van der Waals surface area contributed by atoms with Crippen LogP contribution in [0.2, 0.25) is 0 Å². The number of nitrogens with two attached hydrogens (primary N) is 1. The normalized spacial score (nSPS) is 10.8. The Morgan fingerprint density at radius 1 is 1.62 bits per heavy atom. The highest BCUT2D eigenvalue weighted by Crippen LogP contribution is 2.27. The third-order valence-corrected chi connectivity index (χ3v) is 2.27. The van der Waals surface area contributed by atoms with E-state index in [-0.39, 0.29) is 23.4 Å². The van der Waals surface area contributed by atoms with Crippen molar-refractivity contribution in [3.63, 3.8) is 0 Å². The lowest BCUT2D eigenvalue weighted by Crippen LogP contribution is -2.13. The molecule has 0 bridgehead atoms. The molecule has 3 N–H and O–H groups in total. The van der Waals surface area contributed by atoms with Gasteiger partial charge in [-0.15, -0.1) is 0 Å². The number of hydrogen-bond acceptors (Lipinski definition) is 3. The summed E-state index contributed by atoms with van der Waals surface area (Å²) < 4.78 is 25.6. The number of pyridine rings is 1. The fraction of sp³-hybridized carbons (Fsp3) is 0.400. The van der Waals surface area contributed by atoms with E-state index in [1.807, 2.05) is 0 Å². The molecule has 1 aromatic rings. The van der Waals surface area contributed by atoms with E-state index >= 15 is 0 Å². The Balaban J connectivity index is 3.32. The maximum Gasteiger partial charge on any atom is 0.309 e. The number of halogens is 2. The van der Waals surface area contributed by atoms with Crippen molar-refractivity contribution in [1.29, 1.82) is 0 Å². The van der Waals surface area contributed by atoms with E-state index in [0.29, 0.717) is 5.56 Å². The van der Waals surface area contributed by atoms with Gasteiger partial charge in [0.25, 0.3) is 6.43 Å². The molecule has 0 radical (unpaired) electrons. The standard InChI is InChI=1S/C10H12F2N2O2/c1-5-4-14-7(2-8(15)16)9(10(11)12)6(5)3-13/h4,10H,2-3,13H2,1H3,(H,15,16). The smallest absolute Gasteiger partial charge is 0.309 e. The van der Waals surface area contributed by atoms with Crippen LogP contribution < -0.4 is 5.73 Å². The van der Waals surface area contributed by atoms with Gasteiger partial charge in [-0.25, -0.2) is 8.78 Å². The van der Waals surface area contributed by atoms with Crippen molar-refractivity contribution in [2.24, 2.45) is 5.73 Å². The van der Waals surface area contributed by atoms with Crippen LogP contribution in [0.4, 0.5) is 8.78 Å². The fourth-order valence-electron chi connectivity index (χ4n) is 1.52. The number of aryl methyl sites for hydroxylation is 1. The van der Waals surface area contributed by atoms with Gasteiger partial charge in [0.1, 0.15) is 0 Å². The minimum absolute atomic E-state index is 0.0549. The molecular formula is C10H12F2N2O2. The van der Waals surface area contributed by atoms with Crippen LogP contribution in [0.15, 0.2) is 6.20 Å². The summed E-state index contributed by atoms with van der Waals surface area (Å²) in [5.74, 6) is -1.19. The molecule has 0 amide bonds. The van der Waals surface area contributed by atoms with Crippen molar-refractivity contribution in [1.82, 2.24) is 4.98 Å². The molecule has 88 valence electrons. The highest BCUT2D eigenvalue weighted by Gasteiger charge is 2.21. The van der Waals surface area contributed by atoms with Gasteiger partial charge in [-0.2, -0.15) is 0 Å². The van der Waals surface area contributed by atoms with Crippen molar-refractivity contribution in [2.75, 3.05) is 0 Å². The monoisotopic (exact) mass is 230 g/mol. The van der Waals surface area contributed by atoms with E-state index in [9.17, 15) is 13.6 Å². The Hall–Kier alpha value is -1.56. The summed E-state index contributed by atoms with van der Waals surface area (Å²) in [6.45, 7) is 1.56. The third kappa shape index (κ3) is 2.52. The van der Waals surface area contributed by atoms with E-state index in [2.05, 4.69) is 4.98 Å². The summed E-state index contributed by atoms with van der Waals surface area (Å²) in [6, 6.07) is 0. The summed E-state index contributed by atoms with van der Waals surface area (Å²) in [6.07, 6.45) is -1.92. The molecule has 0 saturated carbocycles. The summed E-state index contributed by atoms with van der Waals surface area (Å²) in [4.78, 5) is 14.2. The first-order valence-electron chi connectivity index (χ1n) is 4.64. The minimum Gasteiger partial charge on any atom is -0.481 e. The minimum atomic E-state index is -2.76. The average molecular weight is 230 g/mol. The van der Waals surface area contributed by atoms with E-state index < -0.39 is 18.8 Å². The van der Waals surface area contributed by atoms with Gasteiger partial charge >= 0.3 is 5.97 Å². The number of rotatable bonds is 4. The molecule has 6 heteroatoms. The van der Waals surface area contributed by atoms with Gasteiger partial charge in [-0.05, 0) is 18.1 Å². The molecule has 0 unspecified atom stereocenters. The van der Waals surface area contributed by atoms with E-state index in [1.165, 1.54) is 6.20 Å². The summed E-state index contributed by atoms with van der Waals surface area (Å²) in [5.41, 5.74) is 5.75. The summed E-state index contributed by atoms with van der Waals surface area (Å²) in [7, 11) is 0. The lowest BCUT2D eigenvalue weighted by atomic mass is 10.0. The summed E-state index contributed by atoms with van der Waals surface area (Å²) >= 11 is 0. The van der Waals surface area contributed by atoms with Gasteiger partial charge in [0.15, 0.2) is 0 Å². The third-order valence-electron chi connectivity index (χ3n) is 2.27. The number of hydrogen-bond donors (Lipinski definition) is 2. The molecule has 4 nitrogen and oxygen atoms in total. The Morgan fingerprint density at radius 3 is 2.69 bits per heavy atom. The maximum absolute atomic E-state index is 12.8. The molecule has 0 aliphatic heterocycles. The molecule has 0 saturated heterocycles. The second-order valence-corrected chi connectivity index (χ2v) is 3.36. The van der Waals surface area contributed by atoms with Crippen LogP contribution in [0, 0.1) is 6.92 Å². The number of nitrogens with zero attached hydrogens (tertiary/aromatic N) is 1. The van der Waals surface area contributed by atoms with Gasteiger partial charge in [-0.3, -0.25) is 9.78 Å². The number of carbonyl (C=O) groups is 1. The molecule has 1 aromatic heterocycles. The van der Waals surface area contributed by atoms with E-state index in [1.54, 1.807) is 6.92 Å². The quantitative estimate of drug-likeness (QED) is 0.820. The molecule has 1 rings (SSSR count). The Kier molecular flexibility index (Phi) is 3.89. The average Bonchev–Trinajstić information content (AvgIpc) is 2.18. The number of carboxylic acids is 1. The topological polar surface area (TPSA) is 76.2 Å². The zero-order valence-electron chi connectivity index (χ0n) is 8.70. The van der Waals surface area contributed by atoms with Gasteiger partial charge < -0.3 is 10.8 Å². The molecular weight excluding hydrogens is 218 g/mol. The van der Waals surface area contributed by atoms with Crippen LogP contribution in [0.25, 0.3) is 0 Å². The highest BCUT2D eigenvalue weighted by atomic mass is 19.3. The predicted molar refractivity (Wildman–Crippen MR) is 53.2 cm³/mol.